The van der Waals surface area contributed by atoms with Gasteiger partial charge < -0.3 is 14.1 Å². The van der Waals surface area contributed by atoms with Crippen molar-refractivity contribution in [3.8, 4) is 17.2 Å². The van der Waals surface area contributed by atoms with Crippen LogP contribution in [-0.2, 0) is 0 Å². The molecule has 5 nitrogen and oxygen atoms in total. The fourth-order valence-electron chi connectivity index (χ4n) is 3.25. The molecule has 0 radical (unpaired) electrons. The summed E-state index contributed by atoms with van der Waals surface area (Å²) in [5.41, 5.74) is 3.53. The van der Waals surface area contributed by atoms with E-state index in [1.165, 1.54) is 0 Å². The van der Waals surface area contributed by atoms with Crippen LogP contribution in [0.5, 0.6) is 5.75 Å². The van der Waals surface area contributed by atoms with Crippen molar-refractivity contribution < 1.29 is 9.15 Å². The lowest BCUT2D eigenvalue weighted by Gasteiger charge is -2.27. The Morgan fingerprint density at radius 2 is 2.00 bits per heavy atom. The van der Waals surface area contributed by atoms with Gasteiger partial charge in [0.25, 0.3) is 0 Å². The summed E-state index contributed by atoms with van der Waals surface area (Å²) in [4.78, 5) is 6.94. The summed E-state index contributed by atoms with van der Waals surface area (Å²) in [6.45, 7) is 7.84. The highest BCUT2D eigenvalue weighted by Crippen LogP contribution is 2.36. The van der Waals surface area contributed by atoms with Crippen LogP contribution in [0.1, 0.15) is 13.8 Å². The van der Waals surface area contributed by atoms with Crippen molar-refractivity contribution in [1.82, 2.24) is 9.56 Å². The zero-order valence-corrected chi connectivity index (χ0v) is 14.4. The number of anilines is 1. The van der Waals surface area contributed by atoms with E-state index in [4.69, 9.17) is 14.1 Å². The molecule has 0 atom stereocenters. The zero-order chi connectivity index (χ0) is 16.7. The van der Waals surface area contributed by atoms with Gasteiger partial charge in [-0.25, -0.2) is 9.56 Å². The van der Waals surface area contributed by atoms with Gasteiger partial charge in [0.1, 0.15) is 36.7 Å². The minimum absolute atomic E-state index is 0.701. The molecule has 0 amide bonds. The van der Waals surface area contributed by atoms with Crippen LogP contribution in [0.15, 0.2) is 34.7 Å². The normalized spacial score (nSPS) is 13.9. The van der Waals surface area contributed by atoms with Crippen LogP contribution in [0, 0.1) is 0 Å². The number of likely N-dealkylation sites (N-methyl/N-ethyl adjacent to an activating group) is 1. The first-order valence-electron chi connectivity index (χ1n) is 8.50. The van der Waals surface area contributed by atoms with Crippen molar-refractivity contribution in [2.75, 3.05) is 38.2 Å². The molecule has 24 heavy (non-hydrogen) atoms. The molecule has 0 spiro atoms. The van der Waals surface area contributed by atoms with Gasteiger partial charge in [0.2, 0.25) is 5.36 Å². The molecule has 0 unspecified atom stereocenters. The molecular weight excluding hydrogens is 302 g/mol. The van der Waals surface area contributed by atoms with Gasteiger partial charge >= 0.3 is 0 Å². The molecule has 1 aliphatic carbocycles. The Morgan fingerprint density at radius 3 is 2.79 bits per heavy atom. The molecule has 2 aliphatic heterocycles. The van der Waals surface area contributed by atoms with E-state index in [0.29, 0.717) is 6.61 Å². The maximum absolute atomic E-state index is 6.17. The molecule has 0 saturated carbocycles. The van der Waals surface area contributed by atoms with E-state index in [9.17, 15) is 0 Å². The monoisotopic (exact) mass is 324 g/mol. The van der Waals surface area contributed by atoms with Crippen LogP contribution in [0.25, 0.3) is 22.6 Å². The standard InChI is InChI=1S/C19H22N3O2/c1-4-22(5-2)13-6-7-14-17(10-13)24-18-12-16-19(11-15(18)20-14)23-9-8-21(16)3/h6-7,10-12H,4-5,8-9H2,1-3H3/q+1. The third-order valence-electron chi connectivity index (χ3n) is 4.67. The molecule has 0 N–H and O–H groups in total. The van der Waals surface area contributed by atoms with Crippen LogP contribution in [0.4, 0.5) is 5.69 Å². The van der Waals surface area contributed by atoms with E-state index < -0.39 is 0 Å². The second-order valence-electron chi connectivity index (χ2n) is 6.10. The minimum Gasteiger partial charge on any atom is -0.489 e. The molecule has 3 aliphatic rings. The molecular formula is C19H22N3O2+. The SMILES string of the molecule is CC[N+](CC)=c1ccc2nc3cc4c(cc3oc-2c1)N(C)CCO4. The molecule has 124 valence electrons. The van der Waals surface area contributed by atoms with E-state index in [1.54, 1.807) is 0 Å². The number of nitrogens with zero attached hydrogens (tertiary/aromatic N) is 3. The number of hydrogen-bond donors (Lipinski definition) is 0. The Kier molecular flexibility index (Phi) is 3.63. The van der Waals surface area contributed by atoms with Gasteiger partial charge in [-0.1, -0.05) is 0 Å². The fourth-order valence-corrected chi connectivity index (χ4v) is 3.25. The fraction of sp³-hybridized carbons (Fsp3) is 0.368. The first kappa shape index (κ1) is 15.0. The van der Waals surface area contributed by atoms with E-state index in [-0.39, 0.29) is 0 Å². The zero-order valence-electron chi connectivity index (χ0n) is 14.4. The molecule has 2 heterocycles. The molecule has 4 rings (SSSR count). The summed E-state index contributed by atoms with van der Waals surface area (Å²) in [5.74, 6) is 1.68. The molecule has 5 heteroatoms. The molecule has 0 fully saturated rings. The quantitative estimate of drug-likeness (QED) is 0.537. The number of hydrogen-bond acceptors (Lipinski definition) is 4. The molecule has 0 saturated heterocycles. The summed E-state index contributed by atoms with van der Waals surface area (Å²) in [7, 11) is 2.07. The van der Waals surface area contributed by atoms with Crippen molar-refractivity contribution in [3.05, 3.63) is 35.7 Å². The van der Waals surface area contributed by atoms with Crippen LogP contribution in [0.2, 0.25) is 0 Å². The predicted molar refractivity (Wildman–Crippen MR) is 95.7 cm³/mol. The second-order valence-corrected chi connectivity index (χ2v) is 6.10. The van der Waals surface area contributed by atoms with Crippen molar-refractivity contribution in [2.45, 2.75) is 13.8 Å². The van der Waals surface area contributed by atoms with Gasteiger partial charge in [-0.3, -0.25) is 0 Å². The number of aromatic nitrogens is 1. The van der Waals surface area contributed by atoms with Crippen LogP contribution < -0.4 is 19.6 Å². The van der Waals surface area contributed by atoms with Crippen molar-refractivity contribution in [2.24, 2.45) is 0 Å². The van der Waals surface area contributed by atoms with Crippen LogP contribution in [-0.4, -0.2) is 38.3 Å². The Balaban J connectivity index is 1.96. The van der Waals surface area contributed by atoms with Gasteiger partial charge in [0.05, 0.1) is 18.3 Å². The average molecular weight is 324 g/mol. The third-order valence-corrected chi connectivity index (χ3v) is 4.67. The van der Waals surface area contributed by atoms with E-state index in [2.05, 4.69) is 42.5 Å². The van der Waals surface area contributed by atoms with E-state index in [0.717, 1.165) is 59.0 Å². The van der Waals surface area contributed by atoms with Gasteiger partial charge in [-0.05, 0) is 19.9 Å². The first-order valence-corrected chi connectivity index (χ1v) is 8.50. The Labute approximate surface area is 141 Å². The second kappa shape index (κ2) is 5.82. The van der Waals surface area contributed by atoms with E-state index in [1.807, 2.05) is 18.2 Å². The maximum atomic E-state index is 6.17. The highest BCUT2D eigenvalue weighted by molar-refractivity contribution is 5.84. The van der Waals surface area contributed by atoms with Gasteiger partial charge in [-0.15, -0.1) is 0 Å². The van der Waals surface area contributed by atoms with Crippen molar-refractivity contribution >= 4 is 16.8 Å². The average Bonchev–Trinajstić information content (AvgIpc) is 2.60. The lowest BCUT2D eigenvalue weighted by atomic mass is 10.2. The Hall–Kier alpha value is -2.56. The molecule has 1 aromatic rings. The maximum Gasteiger partial charge on any atom is 0.203 e. The molecule has 1 aromatic carbocycles. The summed E-state index contributed by atoms with van der Waals surface area (Å²) in [6, 6.07) is 10.2. The summed E-state index contributed by atoms with van der Waals surface area (Å²) in [6.07, 6.45) is 0. The number of ether oxygens (including phenoxy) is 1. The highest BCUT2D eigenvalue weighted by atomic mass is 16.5. The summed E-state index contributed by atoms with van der Waals surface area (Å²) >= 11 is 0. The highest BCUT2D eigenvalue weighted by Gasteiger charge is 2.19. The number of benzene rings is 2. The minimum atomic E-state index is 0.701. The van der Waals surface area contributed by atoms with Gasteiger partial charge in [-0.2, -0.15) is 0 Å². The van der Waals surface area contributed by atoms with Crippen molar-refractivity contribution in [3.63, 3.8) is 0 Å². The van der Waals surface area contributed by atoms with Crippen LogP contribution >= 0.6 is 0 Å². The largest absolute Gasteiger partial charge is 0.489 e. The number of fused-ring (bicyclic) bond motifs is 3. The molecule has 0 aromatic heterocycles. The Morgan fingerprint density at radius 1 is 1.17 bits per heavy atom. The summed E-state index contributed by atoms with van der Waals surface area (Å²) in [5, 5.41) is 1.16. The number of rotatable bonds is 2. The summed E-state index contributed by atoms with van der Waals surface area (Å²) < 4.78 is 14.2. The van der Waals surface area contributed by atoms with Crippen LogP contribution in [0.3, 0.4) is 0 Å². The van der Waals surface area contributed by atoms with Gasteiger partial charge in [0, 0.05) is 25.2 Å². The first-order chi connectivity index (χ1) is 11.7. The van der Waals surface area contributed by atoms with Crippen molar-refractivity contribution in [1.29, 1.82) is 0 Å². The smallest absolute Gasteiger partial charge is 0.203 e. The topological polar surface area (TPSA) is 41.5 Å². The molecule has 0 bridgehead atoms. The van der Waals surface area contributed by atoms with Gasteiger partial charge in [0.15, 0.2) is 11.3 Å². The Bertz CT molecular complexity index is 939. The van der Waals surface area contributed by atoms with E-state index >= 15 is 0 Å². The lowest BCUT2D eigenvalue weighted by Crippen LogP contribution is -2.29. The third kappa shape index (κ3) is 2.40. The lowest BCUT2D eigenvalue weighted by molar-refractivity contribution is 0.311. The predicted octanol–water partition coefficient (Wildman–Crippen LogP) is 2.57.